The highest BCUT2D eigenvalue weighted by Crippen LogP contribution is 2.43. The largest absolute Gasteiger partial charge is 0.486 e. The van der Waals surface area contributed by atoms with E-state index in [1.165, 1.54) is 5.57 Å². The highest BCUT2D eigenvalue weighted by Gasteiger charge is 2.41. The van der Waals surface area contributed by atoms with Crippen LogP contribution >= 0.6 is 0 Å². The van der Waals surface area contributed by atoms with E-state index >= 15 is 0 Å². The summed E-state index contributed by atoms with van der Waals surface area (Å²) < 4.78 is 6.52. The number of hydrogen-bond donors (Lipinski definition) is 1. The Balaban J connectivity index is 1.36. The van der Waals surface area contributed by atoms with E-state index in [0.717, 1.165) is 59.8 Å². The van der Waals surface area contributed by atoms with Gasteiger partial charge in [0.2, 0.25) is 0 Å². The molecule has 0 amide bonds. The summed E-state index contributed by atoms with van der Waals surface area (Å²) in [6.07, 6.45) is 4.50. The highest BCUT2D eigenvalue weighted by atomic mass is 16.5. The minimum atomic E-state index is -0.352. The number of rotatable bonds is 2. The van der Waals surface area contributed by atoms with Crippen molar-refractivity contribution in [1.29, 1.82) is 0 Å². The number of nitrogens with zero attached hydrogens (tertiary/aromatic N) is 1. The molecule has 0 saturated carbocycles. The summed E-state index contributed by atoms with van der Waals surface area (Å²) in [4.78, 5) is 17.9. The van der Waals surface area contributed by atoms with Crippen molar-refractivity contribution >= 4 is 11.4 Å². The van der Waals surface area contributed by atoms with Gasteiger partial charge in [-0.1, -0.05) is 55.5 Å². The molecule has 1 aromatic heterocycles. The lowest BCUT2D eigenvalue weighted by molar-refractivity contribution is 0.0187. The van der Waals surface area contributed by atoms with Gasteiger partial charge in [0, 0.05) is 29.9 Å². The summed E-state index contributed by atoms with van der Waals surface area (Å²) in [5.41, 5.74) is 7.01. The van der Waals surface area contributed by atoms with Crippen molar-refractivity contribution < 1.29 is 9.53 Å². The van der Waals surface area contributed by atoms with Gasteiger partial charge < -0.3 is 10.1 Å². The van der Waals surface area contributed by atoms with E-state index in [1.807, 2.05) is 24.3 Å². The average molecular weight is 423 g/mol. The van der Waals surface area contributed by atoms with Gasteiger partial charge in [-0.3, -0.25) is 9.78 Å². The van der Waals surface area contributed by atoms with Crippen LogP contribution in [0.25, 0.3) is 16.8 Å². The Kier molecular flexibility index (Phi) is 4.51. The van der Waals surface area contributed by atoms with Crippen molar-refractivity contribution in [1.82, 2.24) is 10.3 Å². The molecule has 3 aliphatic rings. The van der Waals surface area contributed by atoms with Gasteiger partial charge in [0.05, 0.1) is 23.4 Å². The number of hydrogen-bond acceptors (Lipinski definition) is 4. The first-order valence-electron chi connectivity index (χ1n) is 11.5. The minimum Gasteiger partial charge on any atom is -0.486 e. The first-order valence-corrected chi connectivity index (χ1v) is 11.5. The Bertz CT molecular complexity index is 1240. The lowest BCUT2D eigenvalue weighted by atomic mass is 9.82. The molecule has 0 bridgehead atoms. The molecule has 1 N–H and O–H groups in total. The fourth-order valence-corrected chi connectivity index (χ4v) is 5.31. The SMILES string of the molecule is C[C@H]1C=C(c2ccc3c(c2)OC2(CCNCC2)CC3=O)c2ccc(-c3ccccc3)nc21. The Morgan fingerprint density at radius 2 is 1.75 bits per heavy atom. The smallest absolute Gasteiger partial charge is 0.170 e. The molecule has 3 heterocycles. The van der Waals surface area contributed by atoms with Crippen LogP contribution in [-0.2, 0) is 0 Å². The predicted molar refractivity (Wildman–Crippen MR) is 126 cm³/mol. The van der Waals surface area contributed by atoms with E-state index in [0.29, 0.717) is 12.0 Å². The molecule has 2 aromatic carbocycles. The second-order valence-electron chi connectivity index (χ2n) is 9.21. The zero-order valence-electron chi connectivity index (χ0n) is 18.2. The van der Waals surface area contributed by atoms with Gasteiger partial charge in [-0.2, -0.15) is 0 Å². The van der Waals surface area contributed by atoms with Crippen molar-refractivity contribution in [3.05, 3.63) is 89.1 Å². The summed E-state index contributed by atoms with van der Waals surface area (Å²) in [6, 6.07) is 20.6. The summed E-state index contributed by atoms with van der Waals surface area (Å²) >= 11 is 0. The van der Waals surface area contributed by atoms with Crippen molar-refractivity contribution in [2.45, 2.75) is 37.7 Å². The zero-order valence-corrected chi connectivity index (χ0v) is 18.2. The van der Waals surface area contributed by atoms with Crippen LogP contribution in [0.2, 0.25) is 0 Å². The van der Waals surface area contributed by atoms with Gasteiger partial charge in [-0.25, -0.2) is 0 Å². The molecule has 6 rings (SSSR count). The number of Topliss-reactive ketones (excluding diaryl/α,β-unsaturated/α-hetero) is 1. The van der Waals surface area contributed by atoms with Crippen LogP contribution in [0.4, 0.5) is 0 Å². The molecule has 32 heavy (non-hydrogen) atoms. The number of benzene rings is 2. The number of carbonyl (C=O) groups is 1. The van der Waals surface area contributed by atoms with E-state index in [1.54, 1.807) is 0 Å². The van der Waals surface area contributed by atoms with Crippen LogP contribution in [0.15, 0.2) is 66.7 Å². The molecular formula is C28H26N2O2. The fourth-order valence-electron chi connectivity index (χ4n) is 5.31. The molecular weight excluding hydrogens is 396 g/mol. The Hall–Kier alpha value is -3.24. The van der Waals surface area contributed by atoms with Crippen LogP contribution in [0, 0.1) is 0 Å². The molecule has 1 atom stereocenters. The quantitative estimate of drug-likeness (QED) is 0.602. The molecule has 1 fully saturated rings. The Morgan fingerprint density at radius 3 is 2.56 bits per heavy atom. The summed E-state index contributed by atoms with van der Waals surface area (Å²) in [7, 11) is 0. The van der Waals surface area contributed by atoms with Crippen molar-refractivity contribution in [3.63, 3.8) is 0 Å². The lowest BCUT2D eigenvalue weighted by Gasteiger charge is -2.41. The molecule has 1 spiro atoms. The summed E-state index contributed by atoms with van der Waals surface area (Å²) in [5, 5.41) is 3.38. The maximum absolute atomic E-state index is 12.9. The molecule has 3 aromatic rings. The fraction of sp³-hybridized carbons (Fsp3) is 0.286. The van der Waals surface area contributed by atoms with Crippen molar-refractivity contribution in [3.8, 4) is 17.0 Å². The lowest BCUT2D eigenvalue weighted by Crippen LogP contribution is -2.49. The minimum absolute atomic E-state index is 0.197. The molecule has 4 nitrogen and oxygen atoms in total. The molecule has 4 heteroatoms. The van der Waals surface area contributed by atoms with Gasteiger partial charge in [-0.05, 0) is 42.4 Å². The standard InChI is InChI=1S/C28H26N2O2/c1-18-15-23(21-9-10-24(30-27(18)21)19-5-3-2-4-6-19)20-7-8-22-25(31)17-28(32-26(22)16-20)11-13-29-14-12-28/h2-10,15-16,18,29H,11-14,17H2,1H3/t18-/m0/s1. The van der Waals surface area contributed by atoms with Crippen LogP contribution in [-0.4, -0.2) is 29.5 Å². The maximum atomic E-state index is 12.9. The number of piperidine rings is 1. The summed E-state index contributed by atoms with van der Waals surface area (Å²) in [5.74, 6) is 1.16. The number of ether oxygens (including phenoxy) is 1. The molecule has 1 saturated heterocycles. The molecule has 0 radical (unpaired) electrons. The van der Waals surface area contributed by atoms with E-state index in [2.05, 4.69) is 54.7 Å². The molecule has 1 aliphatic carbocycles. The van der Waals surface area contributed by atoms with Crippen molar-refractivity contribution in [2.24, 2.45) is 0 Å². The topological polar surface area (TPSA) is 51.2 Å². The number of ketones is 1. The number of nitrogens with one attached hydrogen (secondary N) is 1. The number of allylic oxidation sites excluding steroid dienone is 1. The van der Waals surface area contributed by atoms with Crippen LogP contribution in [0.3, 0.4) is 0 Å². The first kappa shape index (κ1) is 19.4. The number of fused-ring (bicyclic) bond motifs is 2. The van der Waals surface area contributed by atoms with Crippen molar-refractivity contribution in [2.75, 3.05) is 13.1 Å². The average Bonchev–Trinajstić information content (AvgIpc) is 3.15. The highest BCUT2D eigenvalue weighted by molar-refractivity contribution is 6.01. The van der Waals surface area contributed by atoms with Gasteiger partial charge in [-0.15, -0.1) is 0 Å². The van der Waals surface area contributed by atoms with E-state index in [4.69, 9.17) is 9.72 Å². The monoisotopic (exact) mass is 422 g/mol. The van der Waals surface area contributed by atoms with Crippen LogP contribution in [0.1, 0.15) is 59.3 Å². The second kappa shape index (κ2) is 7.42. The van der Waals surface area contributed by atoms with Crippen LogP contribution < -0.4 is 10.1 Å². The number of pyridine rings is 1. The third-order valence-corrected chi connectivity index (χ3v) is 7.05. The third-order valence-electron chi connectivity index (χ3n) is 7.05. The number of carbonyl (C=O) groups excluding carboxylic acids is 1. The van der Waals surface area contributed by atoms with E-state index < -0.39 is 0 Å². The molecule has 160 valence electrons. The van der Waals surface area contributed by atoms with E-state index in [9.17, 15) is 4.79 Å². The van der Waals surface area contributed by atoms with Gasteiger partial charge >= 0.3 is 0 Å². The van der Waals surface area contributed by atoms with E-state index in [-0.39, 0.29) is 17.3 Å². The van der Waals surface area contributed by atoms with Gasteiger partial charge in [0.15, 0.2) is 5.78 Å². The maximum Gasteiger partial charge on any atom is 0.170 e. The molecule has 2 aliphatic heterocycles. The van der Waals surface area contributed by atoms with Gasteiger partial charge in [0.25, 0.3) is 0 Å². The normalized spacial score (nSPS) is 21.0. The van der Waals surface area contributed by atoms with Gasteiger partial charge in [0.1, 0.15) is 11.4 Å². The second-order valence-corrected chi connectivity index (χ2v) is 9.21. The zero-order chi connectivity index (χ0) is 21.7. The Morgan fingerprint density at radius 1 is 0.969 bits per heavy atom. The van der Waals surface area contributed by atoms with Crippen LogP contribution in [0.5, 0.6) is 5.75 Å². The third kappa shape index (κ3) is 3.18. The predicted octanol–water partition coefficient (Wildman–Crippen LogP) is 5.38. The first-order chi connectivity index (χ1) is 15.6. The molecule has 0 unspecified atom stereocenters. The summed E-state index contributed by atoms with van der Waals surface area (Å²) in [6.45, 7) is 3.98. The number of aromatic nitrogens is 1. The Labute approximate surface area is 188 Å².